The lowest BCUT2D eigenvalue weighted by Crippen LogP contribution is -2.51. The van der Waals surface area contributed by atoms with E-state index in [1.165, 1.54) is 64.5 Å². The number of carbonyl (C=O) groups excluding carboxylic acids is 1. The highest BCUT2D eigenvalue weighted by Crippen LogP contribution is 2.24. The van der Waals surface area contributed by atoms with Gasteiger partial charge in [0.2, 0.25) is 5.91 Å². The third-order valence-corrected chi connectivity index (χ3v) is 5.96. The second-order valence-corrected chi connectivity index (χ2v) is 7.71. The SMILES string of the molecule is CC1CCCCC1NC(=O)CN1CCCC(N2CCCC2)C1. The fraction of sp³-hybridized carbons (Fsp3) is 0.944. The molecule has 126 valence electrons. The van der Waals surface area contributed by atoms with Gasteiger partial charge in [-0.1, -0.05) is 19.8 Å². The minimum atomic E-state index is 0.251. The van der Waals surface area contributed by atoms with Crippen LogP contribution in [0.15, 0.2) is 0 Å². The highest BCUT2D eigenvalue weighted by atomic mass is 16.2. The molecule has 1 amide bonds. The van der Waals surface area contributed by atoms with E-state index in [0.717, 1.165) is 13.1 Å². The lowest BCUT2D eigenvalue weighted by molar-refractivity contribution is -0.124. The Kier molecular flexibility index (Phi) is 5.75. The largest absolute Gasteiger partial charge is 0.352 e. The molecule has 2 heterocycles. The molecule has 0 aromatic rings. The molecule has 2 saturated heterocycles. The van der Waals surface area contributed by atoms with Gasteiger partial charge < -0.3 is 5.32 Å². The van der Waals surface area contributed by atoms with Gasteiger partial charge in [0.05, 0.1) is 6.54 Å². The van der Waals surface area contributed by atoms with E-state index in [1.54, 1.807) is 0 Å². The smallest absolute Gasteiger partial charge is 0.234 e. The van der Waals surface area contributed by atoms with Crippen molar-refractivity contribution >= 4 is 5.91 Å². The van der Waals surface area contributed by atoms with E-state index in [4.69, 9.17) is 0 Å². The van der Waals surface area contributed by atoms with Crippen LogP contribution in [0.2, 0.25) is 0 Å². The Hall–Kier alpha value is -0.610. The first-order valence-electron chi connectivity index (χ1n) is 9.48. The Bertz CT molecular complexity index is 367. The van der Waals surface area contributed by atoms with E-state index >= 15 is 0 Å². The minimum Gasteiger partial charge on any atom is -0.352 e. The molecule has 3 aliphatic rings. The lowest BCUT2D eigenvalue weighted by Gasteiger charge is -2.37. The maximum absolute atomic E-state index is 12.4. The number of rotatable bonds is 4. The fourth-order valence-corrected chi connectivity index (χ4v) is 4.57. The molecule has 1 N–H and O–H groups in total. The summed E-state index contributed by atoms with van der Waals surface area (Å²) in [5.41, 5.74) is 0. The summed E-state index contributed by atoms with van der Waals surface area (Å²) < 4.78 is 0. The van der Waals surface area contributed by atoms with Gasteiger partial charge in [0.25, 0.3) is 0 Å². The van der Waals surface area contributed by atoms with E-state index in [2.05, 4.69) is 22.0 Å². The van der Waals surface area contributed by atoms with Crippen molar-refractivity contribution < 1.29 is 4.79 Å². The van der Waals surface area contributed by atoms with E-state index in [1.807, 2.05) is 0 Å². The van der Waals surface area contributed by atoms with Crippen molar-refractivity contribution in [2.24, 2.45) is 5.92 Å². The molecule has 0 spiro atoms. The molecule has 3 rings (SSSR count). The molecule has 3 fully saturated rings. The molecule has 0 radical (unpaired) electrons. The quantitative estimate of drug-likeness (QED) is 0.865. The summed E-state index contributed by atoms with van der Waals surface area (Å²) in [5, 5.41) is 3.31. The van der Waals surface area contributed by atoms with E-state index in [9.17, 15) is 4.79 Å². The normalized spacial score (nSPS) is 34.7. The molecular formula is C18H33N3O. The Balaban J connectivity index is 1.44. The Morgan fingerprint density at radius 1 is 1.00 bits per heavy atom. The van der Waals surface area contributed by atoms with Crippen molar-refractivity contribution in [1.82, 2.24) is 15.1 Å². The number of piperidine rings is 1. The molecular weight excluding hydrogens is 274 g/mol. The van der Waals surface area contributed by atoms with Gasteiger partial charge in [0.1, 0.15) is 0 Å². The summed E-state index contributed by atoms with van der Waals surface area (Å²) in [4.78, 5) is 17.4. The van der Waals surface area contributed by atoms with E-state index in [0.29, 0.717) is 24.5 Å². The Labute approximate surface area is 135 Å². The summed E-state index contributed by atoms with van der Waals surface area (Å²) in [6.07, 6.45) is 10.3. The maximum Gasteiger partial charge on any atom is 0.234 e. The second kappa shape index (κ2) is 7.78. The van der Waals surface area contributed by atoms with Crippen molar-refractivity contribution in [3.05, 3.63) is 0 Å². The lowest BCUT2D eigenvalue weighted by atomic mass is 9.86. The summed E-state index contributed by atoms with van der Waals surface area (Å²) in [7, 11) is 0. The van der Waals surface area contributed by atoms with Crippen LogP contribution in [-0.2, 0) is 4.79 Å². The van der Waals surface area contributed by atoms with Crippen molar-refractivity contribution in [3.63, 3.8) is 0 Å². The molecule has 1 aliphatic carbocycles. The van der Waals surface area contributed by atoms with Crippen LogP contribution < -0.4 is 5.32 Å². The third-order valence-electron chi connectivity index (χ3n) is 5.96. The Morgan fingerprint density at radius 2 is 1.77 bits per heavy atom. The van der Waals surface area contributed by atoms with Gasteiger partial charge in [-0.2, -0.15) is 0 Å². The maximum atomic E-state index is 12.4. The van der Waals surface area contributed by atoms with Crippen molar-refractivity contribution in [2.45, 2.75) is 70.4 Å². The number of hydrogen-bond acceptors (Lipinski definition) is 3. The molecule has 3 atom stereocenters. The first-order valence-corrected chi connectivity index (χ1v) is 9.48. The van der Waals surface area contributed by atoms with Gasteiger partial charge in [0.15, 0.2) is 0 Å². The zero-order valence-corrected chi connectivity index (χ0v) is 14.2. The average molecular weight is 307 g/mol. The summed E-state index contributed by atoms with van der Waals surface area (Å²) in [6, 6.07) is 1.11. The molecule has 0 aromatic heterocycles. The van der Waals surface area contributed by atoms with Gasteiger partial charge in [-0.25, -0.2) is 0 Å². The first kappa shape index (κ1) is 16.3. The Morgan fingerprint density at radius 3 is 2.55 bits per heavy atom. The van der Waals surface area contributed by atoms with Gasteiger partial charge in [-0.15, -0.1) is 0 Å². The number of amides is 1. The minimum absolute atomic E-state index is 0.251. The predicted octanol–water partition coefficient (Wildman–Crippen LogP) is 2.24. The number of carbonyl (C=O) groups is 1. The van der Waals surface area contributed by atoms with Crippen LogP contribution >= 0.6 is 0 Å². The van der Waals surface area contributed by atoms with Crippen molar-refractivity contribution in [1.29, 1.82) is 0 Å². The molecule has 0 aromatic carbocycles. The zero-order chi connectivity index (χ0) is 15.4. The average Bonchev–Trinajstić information content (AvgIpc) is 3.04. The molecule has 22 heavy (non-hydrogen) atoms. The topological polar surface area (TPSA) is 35.6 Å². The third kappa shape index (κ3) is 4.23. The summed E-state index contributed by atoms with van der Waals surface area (Å²) in [6.45, 7) is 7.61. The van der Waals surface area contributed by atoms with Crippen LogP contribution in [0.5, 0.6) is 0 Å². The fourth-order valence-electron chi connectivity index (χ4n) is 4.57. The van der Waals surface area contributed by atoms with E-state index in [-0.39, 0.29) is 5.91 Å². The molecule has 4 nitrogen and oxygen atoms in total. The molecule has 4 heteroatoms. The van der Waals surface area contributed by atoms with Gasteiger partial charge in [-0.05, 0) is 64.1 Å². The zero-order valence-electron chi connectivity index (χ0n) is 14.2. The van der Waals surface area contributed by atoms with Crippen LogP contribution in [-0.4, -0.2) is 60.5 Å². The molecule has 2 aliphatic heterocycles. The molecule has 1 saturated carbocycles. The summed E-state index contributed by atoms with van der Waals surface area (Å²) >= 11 is 0. The van der Waals surface area contributed by atoms with Crippen LogP contribution in [0.4, 0.5) is 0 Å². The van der Waals surface area contributed by atoms with Crippen molar-refractivity contribution in [3.8, 4) is 0 Å². The second-order valence-electron chi connectivity index (χ2n) is 7.71. The van der Waals surface area contributed by atoms with Gasteiger partial charge in [0, 0.05) is 18.6 Å². The van der Waals surface area contributed by atoms with E-state index < -0.39 is 0 Å². The monoisotopic (exact) mass is 307 g/mol. The van der Waals surface area contributed by atoms with Crippen molar-refractivity contribution in [2.75, 3.05) is 32.7 Å². The number of nitrogens with one attached hydrogen (secondary N) is 1. The highest BCUT2D eigenvalue weighted by Gasteiger charge is 2.29. The number of likely N-dealkylation sites (tertiary alicyclic amines) is 2. The standard InChI is InChI=1S/C18H33N3O/c1-15-7-2-3-9-17(15)19-18(22)14-20-10-6-8-16(13-20)21-11-4-5-12-21/h15-17H,2-14H2,1H3,(H,19,22). The number of nitrogens with zero attached hydrogens (tertiary/aromatic N) is 2. The van der Waals surface area contributed by atoms with Crippen LogP contribution in [0, 0.1) is 5.92 Å². The molecule has 3 unspecified atom stereocenters. The first-order chi connectivity index (χ1) is 10.7. The van der Waals surface area contributed by atoms with Crippen LogP contribution in [0.1, 0.15) is 58.3 Å². The van der Waals surface area contributed by atoms with Gasteiger partial charge in [-0.3, -0.25) is 14.6 Å². The summed E-state index contributed by atoms with van der Waals surface area (Å²) in [5.74, 6) is 0.900. The highest BCUT2D eigenvalue weighted by molar-refractivity contribution is 5.78. The number of hydrogen-bond donors (Lipinski definition) is 1. The van der Waals surface area contributed by atoms with Crippen LogP contribution in [0.3, 0.4) is 0 Å². The van der Waals surface area contributed by atoms with Crippen LogP contribution in [0.25, 0.3) is 0 Å². The predicted molar refractivity (Wildman–Crippen MR) is 89.8 cm³/mol. The molecule has 0 bridgehead atoms. The van der Waals surface area contributed by atoms with Gasteiger partial charge >= 0.3 is 0 Å².